The van der Waals surface area contributed by atoms with Crippen molar-refractivity contribution in [2.24, 2.45) is 0 Å². The minimum atomic E-state index is -0.687. The standard InChI is InChI=1S/C19H21FN2O2S/c1-14(19(24)21-2)22(12-15-8-6-7-11-17(15)20)18(23)13-25-16-9-4-3-5-10-16/h3-11,14H,12-13H2,1-2H3,(H,21,24). The van der Waals surface area contributed by atoms with Gasteiger partial charge in [0.05, 0.1) is 5.75 Å². The molecule has 2 amide bonds. The van der Waals surface area contributed by atoms with Crippen LogP contribution in [-0.4, -0.2) is 35.6 Å². The second-order valence-corrected chi connectivity index (χ2v) is 6.55. The fourth-order valence-corrected chi connectivity index (χ4v) is 3.15. The zero-order chi connectivity index (χ0) is 18.2. The molecule has 0 aliphatic heterocycles. The average molecular weight is 360 g/mol. The lowest BCUT2D eigenvalue weighted by Gasteiger charge is -2.28. The summed E-state index contributed by atoms with van der Waals surface area (Å²) in [6.45, 7) is 1.69. The van der Waals surface area contributed by atoms with Crippen LogP contribution in [0.15, 0.2) is 59.5 Å². The van der Waals surface area contributed by atoms with Crippen molar-refractivity contribution < 1.29 is 14.0 Å². The van der Waals surface area contributed by atoms with Gasteiger partial charge in [-0.25, -0.2) is 4.39 Å². The third-order valence-electron chi connectivity index (χ3n) is 3.82. The van der Waals surface area contributed by atoms with Crippen LogP contribution in [0, 0.1) is 5.82 Å². The quantitative estimate of drug-likeness (QED) is 0.772. The average Bonchev–Trinajstić information content (AvgIpc) is 2.65. The number of benzene rings is 2. The number of hydrogen-bond donors (Lipinski definition) is 1. The summed E-state index contributed by atoms with van der Waals surface area (Å²) in [5, 5.41) is 2.54. The van der Waals surface area contributed by atoms with Crippen molar-refractivity contribution >= 4 is 23.6 Å². The van der Waals surface area contributed by atoms with E-state index in [1.165, 1.54) is 29.8 Å². The van der Waals surface area contributed by atoms with Gasteiger partial charge in [0.2, 0.25) is 11.8 Å². The zero-order valence-electron chi connectivity index (χ0n) is 14.2. The van der Waals surface area contributed by atoms with Crippen LogP contribution in [0.1, 0.15) is 12.5 Å². The van der Waals surface area contributed by atoms with Crippen molar-refractivity contribution in [3.05, 3.63) is 66.0 Å². The molecule has 0 spiro atoms. The molecule has 1 atom stereocenters. The van der Waals surface area contributed by atoms with Crippen molar-refractivity contribution in [2.45, 2.75) is 24.4 Å². The highest BCUT2D eigenvalue weighted by Crippen LogP contribution is 2.20. The van der Waals surface area contributed by atoms with Crippen LogP contribution in [-0.2, 0) is 16.1 Å². The maximum atomic E-state index is 14.0. The normalized spacial score (nSPS) is 11.6. The largest absolute Gasteiger partial charge is 0.357 e. The van der Waals surface area contributed by atoms with Crippen LogP contribution < -0.4 is 5.32 Å². The number of amides is 2. The van der Waals surface area contributed by atoms with E-state index in [2.05, 4.69) is 5.32 Å². The zero-order valence-corrected chi connectivity index (χ0v) is 15.1. The molecule has 2 aromatic carbocycles. The first-order valence-corrected chi connectivity index (χ1v) is 8.93. The highest BCUT2D eigenvalue weighted by Gasteiger charge is 2.26. The molecule has 6 heteroatoms. The first-order valence-electron chi connectivity index (χ1n) is 7.95. The van der Waals surface area contributed by atoms with Crippen molar-refractivity contribution in [1.29, 1.82) is 0 Å². The van der Waals surface area contributed by atoms with Gasteiger partial charge in [0.1, 0.15) is 11.9 Å². The Morgan fingerprint density at radius 1 is 1.12 bits per heavy atom. The molecule has 0 aliphatic rings. The molecule has 2 aromatic rings. The van der Waals surface area contributed by atoms with Crippen LogP contribution in [0.4, 0.5) is 4.39 Å². The molecule has 0 saturated heterocycles. The lowest BCUT2D eigenvalue weighted by atomic mass is 10.1. The summed E-state index contributed by atoms with van der Waals surface area (Å²) in [6, 6.07) is 15.1. The van der Waals surface area contributed by atoms with E-state index < -0.39 is 6.04 Å². The Bertz CT molecular complexity index is 724. The van der Waals surface area contributed by atoms with Gasteiger partial charge >= 0.3 is 0 Å². The highest BCUT2D eigenvalue weighted by molar-refractivity contribution is 8.00. The van der Waals surface area contributed by atoms with Gasteiger partial charge in [-0.1, -0.05) is 36.4 Å². The lowest BCUT2D eigenvalue weighted by molar-refractivity contribution is -0.138. The van der Waals surface area contributed by atoms with E-state index in [1.54, 1.807) is 25.1 Å². The van der Waals surface area contributed by atoms with Crippen LogP contribution in [0.5, 0.6) is 0 Å². The topological polar surface area (TPSA) is 49.4 Å². The van der Waals surface area contributed by atoms with Gasteiger partial charge in [0, 0.05) is 24.1 Å². The molecule has 0 heterocycles. The van der Waals surface area contributed by atoms with Gasteiger partial charge < -0.3 is 10.2 Å². The number of likely N-dealkylation sites (N-methyl/N-ethyl adjacent to an activating group) is 1. The van der Waals surface area contributed by atoms with Gasteiger partial charge in [0.25, 0.3) is 0 Å². The Hall–Kier alpha value is -2.34. The third kappa shape index (κ3) is 5.32. The van der Waals surface area contributed by atoms with E-state index in [0.29, 0.717) is 5.56 Å². The summed E-state index contributed by atoms with van der Waals surface area (Å²) in [5.41, 5.74) is 0.385. The summed E-state index contributed by atoms with van der Waals surface area (Å²) in [6.07, 6.45) is 0. The SMILES string of the molecule is CNC(=O)C(C)N(Cc1ccccc1F)C(=O)CSc1ccccc1. The predicted molar refractivity (Wildman–Crippen MR) is 97.6 cm³/mol. The molecule has 2 rings (SSSR count). The number of nitrogens with zero attached hydrogens (tertiary/aromatic N) is 1. The molecule has 0 fully saturated rings. The van der Waals surface area contributed by atoms with E-state index >= 15 is 0 Å². The van der Waals surface area contributed by atoms with Gasteiger partial charge in [0.15, 0.2) is 0 Å². The van der Waals surface area contributed by atoms with Crippen molar-refractivity contribution in [2.75, 3.05) is 12.8 Å². The summed E-state index contributed by atoms with van der Waals surface area (Å²) < 4.78 is 14.0. The summed E-state index contributed by atoms with van der Waals surface area (Å²) in [4.78, 5) is 27.1. The van der Waals surface area contributed by atoms with Crippen LogP contribution >= 0.6 is 11.8 Å². The first kappa shape index (κ1) is 19.0. The molecule has 0 saturated carbocycles. The molecule has 1 unspecified atom stereocenters. The fraction of sp³-hybridized carbons (Fsp3) is 0.263. The molecule has 25 heavy (non-hydrogen) atoms. The van der Waals surface area contributed by atoms with Gasteiger partial charge in [-0.3, -0.25) is 9.59 Å². The summed E-state index contributed by atoms with van der Waals surface area (Å²) in [5.74, 6) is -0.706. The molecule has 0 radical (unpaired) electrons. The molecule has 0 aliphatic carbocycles. The number of carbonyl (C=O) groups is 2. The number of rotatable bonds is 7. The molecule has 4 nitrogen and oxygen atoms in total. The Labute approximate surface area is 151 Å². The minimum Gasteiger partial charge on any atom is -0.357 e. The number of hydrogen-bond acceptors (Lipinski definition) is 3. The lowest BCUT2D eigenvalue weighted by Crippen LogP contribution is -2.47. The number of carbonyl (C=O) groups excluding carboxylic acids is 2. The highest BCUT2D eigenvalue weighted by atomic mass is 32.2. The minimum absolute atomic E-state index is 0.0510. The Kier molecular flexibility index (Phi) is 7.01. The van der Waals surface area contributed by atoms with Crippen LogP contribution in [0.25, 0.3) is 0 Å². The maximum Gasteiger partial charge on any atom is 0.242 e. The van der Waals surface area contributed by atoms with Crippen LogP contribution in [0.3, 0.4) is 0 Å². The van der Waals surface area contributed by atoms with Crippen molar-refractivity contribution in [3.63, 3.8) is 0 Å². The number of halogens is 1. The van der Waals surface area contributed by atoms with Crippen LogP contribution in [0.2, 0.25) is 0 Å². The van der Waals surface area contributed by atoms with Crippen molar-refractivity contribution in [1.82, 2.24) is 10.2 Å². The van der Waals surface area contributed by atoms with Gasteiger partial charge in [-0.2, -0.15) is 0 Å². The number of thioether (sulfide) groups is 1. The molecule has 0 bridgehead atoms. The molecule has 0 aromatic heterocycles. The Morgan fingerprint density at radius 3 is 2.40 bits per heavy atom. The monoisotopic (exact) mass is 360 g/mol. The van der Waals surface area contributed by atoms with Gasteiger partial charge in [-0.05, 0) is 25.1 Å². The van der Waals surface area contributed by atoms with E-state index in [1.807, 2.05) is 30.3 Å². The molecule has 1 N–H and O–H groups in total. The van der Waals surface area contributed by atoms with Gasteiger partial charge in [-0.15, -0.1) is 11.8 Å². The Balaban J connectivity index is 2.14. The molecular formula is C19H21FN2O2S. The van der Waals surface area contributed by atoms with E-state index in [4.69, 9.17) is 0 Å². The second-order valence-electron chi connectivity index (χ2n) is 5.51. The molecular weight excluding hydrogens is 339 g/mol. The maximum absolute atomic E-state index is 14.0. The first-order chi connectivity index (χ1) is 12.0. The summed E-state index contributed by atoms with van der Waals surface area (Å²) >= 11 is 1.39. The third-order valence-corrected chi connectivity index (χ3v) is 4.81. The van der Waals surface area contributed by atoms with Crippen molar-refractivity contribution in [3.8, 4) is 0 Å². The Morgan fingerprint density at radius 2 is 1.76 bits per heavy atom. The van der Waals surface area contributed by atoms with E-state index in [9.17, 15) is 14.0 Å². The fourth-order valence-electron chi connectivity index (χ4n) is 2.35. The number of nitrogens with one attached hydrogen (secondary N) is 1. The van der Waals surface area contributed by atoms with E-state index in [0.717, 1.165) is 4.90 Å². The second kappa shape index (κ2) is 9.22. The molecule has 132 valence electrons. The predicted octanol–water partition coefficient (Wildman–Crippen LogP) is 3.08. The smallest absolute Gasteiger partial charge is 0.242 e. The van der Waals surface area contributed by atoms with E-state index in [-0.39, 0.29) is 29.9 Å². The summed E-state index contributed by atoms with van der Waals surface area (Å²) in [7, 11) is 1.52.